The van der Waals surface area contributed by atoms with Crippen molar-refractivity contribution in [2.24, 2.45) is 0 Å². The van der Waals surface area contributed by atoms with Gasteiger partial charge in [0.2, 0.25) is 0 Å². The maximum atomic E-state index is 4.20. The molecular formula is C8H13N3. The van der Waals surface area contributed by atoms with Crippen LogP contribution < -0.4 is 4.90 Å². The maximum Gasteiger partial charge on any atom is 0.150 e. The summed E-state index contributed by atoms with van der Waals surface area (Å²) < 4.78 is 0. The first-order valence-electron chi connectivity index (χ1n) is 4.13. The minimum absolute atomic E-state index is 1.11. The minimum atomic E-state index is 1.11. The molecule has 1 aromatic heterocycles. The maximum absolute atomic E-state index is 4.20. The van der Waals surface area contributed by atoms with E-state index in [0.29, 0.717) is 0 Å². The normalized spacial score (nSPS) is 17.7. The Balaban J connectivity index is 2.15. The summed E-state index contributed by atoms with van der Waals surface area (Å²) in [7, 11) is 0. The first kappa shape index (κ1) is 6.70. The molecule has 3 nitrogen and oxygen atoms in total. The molecule has 0 unspecified atom stereocenters. The summed E-state index contributed by atoms with van der Waals surface area (Å²) in [6.45, 7) is 4.38. The molecule has 1 aliphatic rings. The number of hydrogen-bond donors (Lipinski definition) is 1. The fraction of sp³-hybridized carbons (Fsp3) is 0.625. The highest BCUT2D eigenvalue weighted by Crippen LogP contribution is 2.17. The lowest BCUT2D eigenvalue weighted by Gasteiger charge is -2.12. The number of hydrogen-bond acceptors (Lipinski definition) is 2. The fourth-order valence-corrected chi connectivity index (χ4v) is 1.51. The third-order valence-electron chi connectivity index (χ3n) is 2.12. The van der Waals surface area contributed by atoms with Gasteiger partial charge >= 0.3 is 0 Å². The van der Waals surface area contributed by atoms with Crippen LogP contribution in [0.5, 0.6) is 0 Å². The van der Waals surface area contributed by atoms with Crippen LogP contribution in [0.2, 0.25) is 0 Å². The predicted octanol–water partition coefficient (Wildman–Crippen LogP) is 1.32. The second-order valence-corrected chi connectivity index (χ2v) is 3.10. The third kappa shape index (κ3) is 1.23. The Labute approximate surface area is 66.4 Å². The largest absolute Gasteiger partial charge is 0.355 e. The zero-order chi connectivity index (χ0) is 7.68. The van der Waals surface area contributed by atoms with Gasteiger partial charge in [0.15, 0.2) is 5.82 Å². The number of aryl methyl sites for hydroxylation is 1. The van der Waals surface area contributed by atoms with Gasteiger partial charge in [0.25, 0.3) is 0 Å². The molecule has 1 aliphatic heterocycles. The molecule has 2 heterocycles. The van der Waals surface area contributed by atoms with Crippen LogP contribution in [0.3, 0.4) is 0 Å². The van der Waals surface area contributed by atoms with Crippen molar-refractivity contribution in [1.29, 1.82) is 0 Å². The molecule has 1 saturated heterocycles. The van der Waals surface area contributed by atoms with Crippen LogP contribution >= 0.6 is 0 Å². The molecule has 0 radical (unpaired) electrons. The Bertz CT molecular complexity index is 235. The summed E-state index contributed by atoms with van der Waals surface area (Å²) in [5.74, 6) is 1.11. The number of aromatic amines is 1. The molecule has 0 spiro atoms. The van der Waals surface area contributed by atoms with Crippen LogP contribution in [-0.4, -0.2) is 23.3 Å². The third-order valence-corrected chi connectivity index (χ3v) is 2.12. The van der Waals surface area contributed by atoms with E-state index in [-0.39, 0.29) is 0 Å². The van der Waals surface area contributed by atoms with Gasteiger partial charge in [-0.25, -0.2) is 0 Å². The SMILES string of the molecule is Cc1cc(N2CCCC2)n[nH]1. The summed E-state index contributed by atoms with van der Waals surface area (Å²) in [5, 5.41) is 7.15. The Morgan fingerprint density at radius 3 is 2.73 bits per heavy atom. The Kier molecular flexibility index (Phi) is 1.56. The lowest BCUT2D eigenvalue weighted by Crippen LogP contribution is -2.17. The number of nitrogens with zero attached hydrogens (tertiary/aromatic N) is 2. The molecule has 0 atom stereocenters. The van der Waals surface area contributed by atoms with Crippen LogP contribution in [0.15, 0.2) is 6.07 Å². The molecule has 0 aliphatic carbocycles. The summed E-state index contributed by atoms with van der Waals surface area (Å²) in [5.41, 5.74) is 1.15. The van der Waals surface area contributed by atoms with Gasteiger partial charge in [0, 0.05) is 24.8 Å². The molecule has 2 rings (SSSR count). The van der Waals surface area contributed by atoms with E-state index in [1.165, 1.54) is 25.9 Å². The van der Waals surface area contributed by atoms with E-state index in [1.807, 2.05) is 6.92 Å². The van der Waals surface area contributed by atoms with Crippen LogP contribution in [-0.2, 0) is 0 Å². The molecule has 3 heteroatoms. The van der Waals surface area contributed by atoms with Crippen molar-refractivity contribution in [1.82, 2.24) is 10.2 Å². The summed E-state index contributed by atoms with van der Waals surface area (Å²) >= 11 is 0. The van der Waals surface area contributed by atoms with E-state index in [9.17, 15) is 0 Å². The van der Waals surface area contributed by atoms with E-state index in [1.54, 1.807) is 0 Å². The quantitative estimate of drug-likeness (QED) is 0.656. The average Bonchev–Trinajstić information content (AvgIpc) is 2.55. The Morgan fingerprint density at radius 1 is 1.45 bits per heavy atom. The molecule has 1 aromatic rings. The van der Waals surface area contributed by atoms with E-state index < -0.39 is 0 Å². The second-order valence-electron chi connectivity index (χ2n) is 3.10. The van der Waals surface area contributed by atoms with Crippen molar-refractivity contribution in [2.45, 2.75) is 19.8 Å². The van der Waals surface area contributed by atoms with Crippen LogP contribution in [0.25, 0.3) is 0 Å². The predicted molar refractivity (Wildman–Crippen MR) is 44.8 cm³/mol. The van der Waals surface area contributed by atoms with Gasteiger partial charge in [0.05, 0.1) is 0 Å². The number of anilines is 1. The first-order chi connectivity index (χ1) is 5.36. The van der Waals surface area contributed by atoms with Gasteiger partial charge in [-0.2, -0.15) is 5.10 Å². The van der Waals surface area contributed by atoms with Crippen molar-refractivity contribution in [3.63, 3.8) is 0 Å². The zero-order valence-electron chi connectivity index (χ0n) is 6.80. The molecule has 0 bridgehead atoms. The van der Waals surface area contributed by atoms with E-state index >= 15 is 0 Å². The second kappa shape index (κ2) is 2.57. The Morgan fingerprint density at radius 2 is 2.18 bits per heavy atom. The van der Waals surface area contributed by atoms with Gasteiger partial charge in [-0.05, 0) is 19.8 Å². The molecule has 0 amide bonds. The first-order valence-corrected chi connectivity index (χ1v) is 4.13. The summed E-state index contributed by atoms with van der Waals surface area (Å²) in [6, 6.07) is 2.10. The van der Waals surface area contributed by atoms with Gasteiger partial charge in [-0.1, -0.05) is 0 Å². The molecule has 0 saturated carbocycles. The molecule has 60 valence electrons. The van der Waals surface area contributed by atoms with Crippen molar-refractivity contribution >= 4 is 5.82 Å². The molecule has 1 fully saturated rings. The van der Waals surface area contributed by atoms with Crippen LogP contribution in [0.1, 0.15) is 18.5 Å². The van der Waals surface area contributed by atoms with E-state index in [4.69, 9.17) is 0 Å². The van der Waals surface area contributed by atoms with Crippen LogP contribution in [0, 0.1) is 6.92 Å². The summed E-state index contributed by atoms with van der Waals surface area (Å²) in [6.07, 6.45) is 2.62. The standard InChI is InChI=1S/C8H13N3/c1-7-6-8(10-9-7)11-4-2-3-5-11/h6H,2-5H2,1H3,(H,9,10). The monoisotopic (exact) mass is 151 g/mol. The number of nitrogens with one attached hydrogen (secondary N) is 1. The van der Waals surface area contributed by atoms with Crippen molar-refractivity contribution < 1.29 is 0 Å². The topological polar surface area (TPSA) is 31.9 Å². The highest BCUT2D eigenvalue weighted by atomic mass is 15.3. The van der Waals surface area contributed by atoms with E-state index in [2.05, 4.69) is 21.2 Å². The van der Waals surface area contributed by atoms with Gasteiger partial charge in [-0.3, -0.25) is 5.10 Å². The zero-order valence-corrected chi connectivity index (χ0v) is 6.80. The van der Waals surface area contributed by atoms with Gasteiger partial charge in [0.1, 0.15) is 0 Å². The molecule has 11 heavy (non-hydrogen) atoms. The highest BCUT2D eigenvalue weighted by molar-refractivity contribution is 5.39. The van der Waals surface area contributed by atoms with Gasteiger partial charge in [-0.15, -0.1) is 0 Å². The molecule has 0 aromatic carbocycles. The lowest BCUT2D eigenvalue weighted by molar-refractivity contribution is 0.917. The van der Waals surface area contributed by atoms with E-state index in [0.717, 1.165) is 11.5 Å². The average molecular weight is 151 g/mol. The van der Waals surface area contributed by atoms with Gasteiger partial charge < -0.3 is 4.90 Å². The summed E-state index contributed by atoms with van der Waals surface area (Å²) in [4.78, 5) is 2.32. The number of H-pyrrole nitrogens is 1. The smallest absolute Gasteiger partial charge is 0.150 e. The number of rotatable bonds is 1. The fourth-order valence-electron chi connectivity index (χ4n) is 1.51. The van der Waals surface area contributed by atoms with Crippen LogP contribution in [0.4, 0.5) is 5.82 Å². The van der Waals surface area contributed by atoms with Crippen molar-refractivity contribution in [3.05, 3.63) is 11.8 Å². The number of aromatic nitrogens is 2. The Hall–Kier alpha value is -0.990. The minimum Gasteiger partial charge on any atom is -0.355 e. The van der Waals surface area contributed by atoms with Crippen molar-refractivity contribution in [2.75, 3.05) is 18.0 Å². The van der Waals surface area contributed by atoms with Crippen molar-refractivity contribution in [3.8, 4) is 0 Å². The highest BCUT2D eigenvalue weighted by Gasteiger charge is 2.13. The lowest BCUT2D eigenvalue weighted by atomic mass is 10.4. The molecular weight excluding hydrogens is 138 g/mol. The molecule has 1 N–H and O–H groups in total.